The molecule has 10 heteroatoms. The zero-order chi connectivity index (χ0) is 28.9. The van der Waals surface area contributed by atoms with Crippen LogP contribution in [0.15, 0.2) is 77.6 Å². The minimum atomic E-state index is -4.60. The second-order valence-electron chi connectivity index (χ2n) is 9.17. The van der Waals surface area contributed by atoms with Gasteiger partial charge in [0, 0.05) is 25.8 Å². The van der Waals surface area contributed by atoms with E-state index in [1.165, 1.54) is 35.8 Å². The van der Waals surface area contributed by atoms with E-state index in [-0.39, 0.29) is 17.7 Å². The number of halogens is 3. The van der Waals surface area contributed by atoms with E-state index in [0.717, 1.165) is 12.1 Å². The van der Waals surface area contributed by atoms with Crippen LogP contribution in [0.4, 0.5) is 13.2 Å². The molecule has 3 aromatic carbocycles. The van der Waals surface area contributed by atoms with Crippen LogP contribution >= 0.6 is 0 Å². The van der Waals surface area contributed by atoms with Gasteiger partial charge in [0.2, 0.25) is 0 Å². The lowest BCUT2D eigenvalue weighted by molar-refractivity contribution is -0.137. The van der Waals surface area contributed by atoms with E-state index < -0.39 is 23.7 Å². The molecule has 1 atom stereocenters. The number of para-hydroxylation sites is 1. The molecule has 0 fully saturated rings. The molecule has 0 radical (unpaired) electrons. The molecule has 210 valence electrons. The molecule has 0 saturated heterocycles. The Morgan fingerprint density at radius 2 is 1.75 bits per heavy atom. The van der Waals surface area contributed by atoms with Gasteiger partial charge in [0.15, 0.2) is 0 Å². The number of nitrogens with zero attached hydrogens (tertiary/aromatic N) is 3. The van der Waals surface area contributed by atoms with Crippen LogP contribution < -0.4 is 10.3 Å². The number of methoxy groups -OCH3 is 2. The first-order valence-corrected chi connectivity index (χ1v) is 12.8. The summed E-state index contributed by atoms with van der Waals surface area (Å²) in [4.78, 5) is 34.0. The summed E-state index contributed by atoms with van der Waals surface area (Å²) < 4.78 is 52.3. The third kappa shape index (κ3) is 6.02. The average Bonchev–Trinajstić information content (AvgIpc) is 2.96. The lowest BCUT2D eigenvalue weighted by Gasteiger charge is -2.32. The molecule has 40 heavy (non-hydrogen) atoms. The molecule has 0 aliphatic carbocycles. The third-order valence-electron chi connectivity index (χ3n) is 6.64. The highest BCUT2D eigenvalue weighted by Crippen LogP contribution is 2.32. The summed E-state index contributed by atoms with van der Waals surface area (Å²) in [7, 11) is 3.07. The predicted molar refractivity (Wildman–Crippen MR) is 146 cm³/mol. The van der Waals surface area contributed by atoms with Gasteiger partial charge in [0.25, 0.3) is 11.5 Å². The van der Waals surface area contributed by atoms with Crippen molar-refractivity contribution in [2.24, 2.45) is 0 Å². The van der Waals surface area contributed by atoms with E-state index in [0.29, 0.717) is 47.6 Å². The number of fused-ring (bicyclic) bond motifs is 1. The number of carbonyl (C=O) groups excluding carboxylic acids is 1. The minimum absolute atomic E-state index is 0.107. The number of alkyl halides is 3. The lowest BCUT2D eigenvalue weighted by Crippen LogP contribution is -2.39. The van der Waals surface area contributed by atoms with Crippen molar-refractivity contribution in [1.29, 1.82) is 0 Å². The monoisotopic (exact) mass is 553 g/mol. The first kappa shape index (κ1) is 28.8. The summed E-state index contributed by atoms with van der Waals surface area (Å²) in [6, 6.07) is 17.4. The van der Waals surface area contributed by atoms with Gasteiger partial charge in [-0.05, 0) is 67.4 Å². The maximum atomic E-state index is 13.9. The first-order chi connectivity index (χ1) is 19.2. The van der Waals surface area contributed by atoms with Crippen LogP contribution in [0.3, 0.4) is 0 Å². The van der Waals surface area contributed by atoms with Gasteiger partial charge in [-0.2, -0.15) is 13.2 Å². The molecule has 0 spiro atoms. The maximum Gasteiger partial charge on any atom is 0.416 e. The zero-order valence-electron chi connectivity index (χ0n) is 22.4. The number of ether oxygens (including phenoxy) is 2. The molecule has 1 amide bonds. The van der Waals surface area contributed by atoms with Gasteiger partial charge < -0.3 is 14.4 Å². The fourth-order valence-electron chi connectivity index (χ4n) is 4.67. The topological polar surface area (TPSA) is 73.7 Å². The summed E-state index contributed by atoms with van der Waals surface area (Å²) in [5.41, 5.74) is -0.380. The molecule has 4 aromatic rings. The van der Waals surface area contributed by atoms with Crippen LogP contribution in [0.2, 0.25) is 0 Å². The zero-order valence-corrected chi connectivity index (χ0v) is 22.4. The Hall–Kier alpha value is -4.18. The summed E-state index contributed by atoms with van der Waals surface area (Å²) in [6.07, 6.45) is -3.83. The maximum absolute atomic E-state index is 13.9. The predicted octanol–water partition coefficient (Wildman–Crippen LogP) is 6.04. The fraction of sp³-hybridized carbons (Fsp3) is 0.300. The molecule has 0 aliphatic rings. The van der Waals surface area contributed by atoms with Crippen molar-refractivity contribution in [3.05, 3.63) is 100 Å². The standard InChI is InChI=1S/C30H30F3N3O4/c1-4-26(35(17-8-18-39-2)28(37)20-9-7-10-21(19-20)30(31,32)33)27-34-25-12-6-5-11-24(25)29(38)36(27)22-13-15-23(40-3)16-14-22/h5-7,9-16,19,26H,4,8,17-18H2,1-3H3. The van der Waals surface area contributed by atoms with Crippen molar-refractivity contribution < 1.29 is 27.4 Å². The molecule has 0 bridgehead atoms. The Labute approximate surface area is 229 Å². The van der Waals surface area contributed by atoms with E-state index in [1.54, 1.807) is 48.5 Å². The van der Waals surface area contributed by atoms with E-state index in [4.69, 9.17) is 14.5 Å². The Kier molecular flexibility index (Phi) is 8.89. The van der Waals surface area contributed by atoms with Crippen LogP contribution in [0.1, 0.15) is 47.6 Å². The van der Waals surface area contributed by atoms with Crippen molar-refractivity contribution in [2.75, 3.05) is 27.4 Å². The number of amides is 1. The number of hydrogen-bond acceptors (Lipinski definition) is 5. The van der Waals surface area contributed by atoms with E-state index in [2.05, 4.69) is 0 Å². The van der Waals surface area contributed by atoms with Crippen molar-refractivity contribution in [2.45, 2.75) is 32.0 Å². The van der Waals surface area contributed by atoms with Gasteiger partial charge in [0.05, 0.1) is 35.3 Å². The molecular formula is C30H30F3N3O4. The quantitative estimate of drug-likeness (QED) is 0.224. The summed E-state index contributed by atoms with van der Waals surface area (Å²) in [5.74, 6) is 0.298. The van der Waals surface area contributed by atoms with Crippen LogP contribution in [0, 0.1) is 0 Å². The number of carbonyl (C=O) groups is 1. The Bertz CT molecular complexity index is 1530. The molecule has 0 saturated carbocycles. The largest absolute Gasteiger partial charge is 0.497 e. The van der Waals surface area contributed by atoms with Crippen molar-refractivity contribution in [3.8, 4) is 11.4 Å². The molecule has 1 unspecified atom stereocenters. The molecule has 4 rings (SSSR count). The molecule has 1 aromatic heterocycles. The van der Waals surface area contributed by atoms with Gasteiger partial charge in [0.1, 0.15) is 11.6 Å². The Balaban J connectivity index is 1.91. The molecule has 1 heterocycles. The van der Waals surface area contributed by atoms with Gasteiger partial charge >= 0.3 is 6.18 Å². The van der Waals surface area contributed by atoms with Crippen molar-refractivity contribution in [1.82, 2.24) is 14.5 Å². The van der Waals surface area contributed by atoms with Crippen LogP contribution in [-0.2, 0) is 10.9 Å². The molecule has 7 nitrogen and oxygen atoms in total. The minimum Gasteiger partial charge on any atom is -0.497 e. The Morgan fingerprint density at radius 1 is 1.02 bits per heavy atom. The lowest BCUT2D eigenvalue weighted by atomic mass is 10.1. The number of benzene rings is 3. The highest BCUT2D eigenvalue weighted by molar-refractivity contribution is 5.94. The normalized spacial score (nSPS) is 12.3. The van der Waals surface area contributed by atoms with E-state index >= 15 is 0 Å². The number of aromatic nitrogens is 2. The van der Waals surface area contributed by atoms with E-state index in [9.17, 15) is 22.8 Å². The second-order valence-corrected chi connectivity index (χ2v) is 9.17. The van der Waals surface area contributed by atoms with Crippen LogP contribution in [0.5, 0.6) is 5.75 Å². The number of hydrogen-bond donors (Lipinski definition) is 0. The number of rotatable bonds is 10. The smallest absolute Gasteiger partial charge is 0.416 e. The van der Waals surface area contributed by atoms with Crippen molar-refractivity contribution >= 4 is 16.8 Å². The van der Waals surface area contributed by atoms with Crippen LogP contribution in [-0.4, -0.2) is 47.7 Å². The van der Waals surface area contributed by atoms with Gasteiger partial charge in [-0.25, -0.2) is 4.98 Å². The van der Waals surface area contributed by atoms with Gasteiger partial charge in [-0.1, -0.05) is 25.1 Å². The van der Waals surface area contributed by atoms with Gasteiger partial charge in [-0.3, -0.25) is 14.2 Å². The fourth-order valence-corrected chi connectivity index (χ4v) is 4.67. The average molecular weight is 554 g/mol. The van der Waals surface area contributed by atoms with Crippen molar-refractivity contribution in [3.63, 3.8) is 0 Å². The molecular weight excluding hydrogens is 523 g/mol. The molecule has 0 N–H and O–H groups in total. The van der Waals surface area contributed by atoms with Gasteiger partial charge in [-0.15, -0.1) is 0 Å². The summed E-state index contributed by atoms with van der Waals surface area (Å²) in [5, 5.41) is 0.395. The highest BCUT2D eigenvalue weighted by Gasteiger charge is 2.33. The Morgan fingerprint density at radius 3 is 2.40 bits per heavy atom. The third-order valence-corrected chi connectivity index (χ3v) is 6.64. The summed E-state index contributed by atoms with van der Waals surface area (Å²) in [6.45, 7) is 2.35. The molecule has 0 aliphatic heterocycles. The first-order valence-electron chi connectivity index (χ1n) is 12.8. The highest BCUT2D eigenvalue weighted by atomic mass is 19.4. The summed E-state index contributed by atoms with van der Waals surface area (Å²) >= 11 is 0. The second kappa shape index (κ2) is 12.3. The van der Waals surface area contributed by atoms with Crippen LogP contribution in [0.25, 0.3) is 16.6 Å². The van der Waals surface area contributed by atoms with E-state index in [1.807, 2.05) is 6.92 Å². The SMILES string of the molecule is CCC(c1nc2ccccc2c(=O)n1-c1ccc(OC)cc1)N(CCCOC)C(=O)c1cccc(C(F)(F)F)c1.